The average Bonchev–Trinajstić information content (AvgIpc) is 3.14. The van der Waals surface area contributed by atoms with Crippen LogP contribution in [0, 0.1) is 0 Å². The van der Waals surface area contributed by atoms with Crippen LogP contribution in [0.5, 0.6) is 28.7 Å². The fourth-order valence-corrected chi connectivity index (χ4v) is 3.78. The molecule has 2 aromatic rings. The third-order valence-corrected chi connectivity index (χ3v) is 5.36. The lowest BCUT2D eigenvalue weighted by molar-refractivity contribution is -0.0431. The molecule has 2 aliphatic heterocycles. The highest BCUT2D eigenvalue weighted by Gasteiger charge is 2.31. The maximum Gasteiger partial charge on any atom is 0.246 e. The molecule has 4 rings (SSSR count). The predicted molar refractivity (Wildman–Crippen MR) is 137 cm³/mol. The summed E-state index contributed by atoms with van der Waals surface area (Å²) in [5.41, 5.74) is 2.74. The first-order valence-electron chi connectivity index (χ1n) is 12.5. The van der Waals surface area contributed by atoms with E-state index in [9.17, 15) is 4.79 Å². The van der Waals surface area contributed by atoms with Crippen molar-refractivity contribution in [2.45, 2.75) is 73.0 Å². The smallest absolute Gasteiger partial charge is 0.246 e. The number of hydrogen-bond donors (Lipinski definition) is 0. The van der Waals surface area contributed by atoms with Crippen molar-refractivity contribution in [3.8, 4) is 28.7 Å². The molecule has 2 heterocycles. The quantitative estimate of drug-likeness (QED) is 0.380. The molecule has 0 saturated carbocycles. The highest BCUT2D eigenvalue weighted by atomic mass is 16.7. The molecule has 0 N–H and O–H groups in total. The molecule has 0 atom stereocenters. The molecule has 0 amide bonds. The molecule has 0 radical (unpaired) electrons. The molecule has 0 aliphatic carbocycles. The maximum absolute atomic E-state index is 12.5. The summed E-state index contributed by atoms with van der Waals surface area (Å²) in [6.45, 7) is 13.7. The predicted octanol–water partition coefficient (Wildman–Crippen LogP) is 6.93. The summed E-state index contributed by atoms with van der Waals surface area (Å²) < 4.78 is 28.6. The number of fused-ring (bicyclic) bond motifs is 2. The molecule has 6 heteroatoms. The summed E-state index contributed by atoms with van der Waals surface area (Å²) >= 11 is 0. The van der Waals surface area contributed by atoms with E-state index >= 15 is 0 Å². The molecule has 0 spiro atoms. The minimum atomic E-state index is -0.496. The number of allylic oxidation sites excluding steroid dienone is 2. The number of hydrogen-bond acceptors (Lipinski definition) is 6. The second-order valence-electron chi connectivity index (χ2n) is 9.31. The van der Waals surface area contributed by atoms with Gasteiger partial charge in [-0.25, -0.2) is 0 Å². The molecule has 35 heavy (non-hydrogen) atoms. The number of ether oxygens (including phenoxy) is 5. The Balaban J connectivity index is 0.000000256. The van der Waals surface area contributed by atoms with Crippen molar-refractivity contribution in [2.24, 2.45) is 0 Å². The van der Waals surface area contributed by atoms with Gasteiger partial charge in [0.2, 0.25) is 5.79 Å². The van der Waals surface area contributed by atoms with Gasteiger partial charge in [-0.3, -0.25) is 4.79 Å². The maximum atomic E-state index is 12.5. The van der Waals surface area contributed by atoms with Crippen LogP contribution in [0.25, 0.3) is 0 Å². The zero-order valence-corrected chi connectivity index (χ0v) is 21.9. The second-order valence-corrected chi connectivity index (χ2v) is 9.31. The van der Waals surface area contributed by atoms with Gasteiger partial charge in [0.05, 0.1) is 19.8 Å². The Bertz CT molecular complexity index is 1020. The molecule has 0 aromatic heterocycles. The topological polar surface area (TPSA) is 63.2 Å². The van der Waals surface area contributed by atoms with Crippen molar-refractivity contribution < 1.29 is 28.5 Å². The third-order valence-electron chi connectivity index (χ3n) is 5.36. The standard InChI is InChI=1S/C20H28O4.C9H10O2/c1-5-10-22-17-13-18-19(16(21)9-12-23-18)20(24-11-6-2)15(17)8-7-14(3)4;1-9(2)10-7-5-3-4-6-8(7)11-9/h7,13H,5-6,8-12H2,1-4H3;3-6H,1-2H3. The molecule has 6 nitrogen and oxygen atoms in total. The largest absolute Gasteiger partial charge is 0.493 e. The van der Waals surface area contributed by atoms with E-state index in [1.807, 2.05) is 44.2 Å². The molecule has 0 fully saturated rings. The van der Waals surface area contributed by atoms with Gasteiger partial charge in [0.15, 0.2) is 17.3 Å². The zero-order chi connectivity index (χ0) is 25.4. The Morgan fingerprint density at radius 2 is 1.63 bits per heavy atom. The second kappa shape index (κ2) is 12.0. The summed E-state index contributed by atoms with van der Waals surface area (Å²) in [4.78, 5) is 12.5. The van der Waals surface area contributed by atoms with Gasteiger partial charge in [0.25, 0.3) is 0 Å². The monoisotopic (exact) mass is 482 g/mol. The van der Waals surface area contributed by atoms with E-state index in [4.69, 9.17) is 23.7 Å². The van der Waals surface area contributed by atoms with Crippen LogP contribution in [-0.4, -0.2) is 31.4 Å². The van der Waals surface area contributed by atoms with Crippen LogP contribution in [0.4, 0.5) is 0 Å². The summed E-state index contributed by atoms with van der Waals surface area (Å²) in [5.74, 6) is 3.24. The van der Waals surface area contributed by atoms with Crippen molar-refractivity contribution in [3.63, 3.8) is 0 Å². The first kappa shape index (κ1) is 26.5. The van der Waals surface area contributed by atoms with Crippen LogP contribution in [0.2, 0.25) is 0 Å². The van der Waals surface area contributed by atoms with Crippen LogP contribution in [-0.2, 0) is 6.42 Å². The molecular weight excluding hydrogens is 444 g/mol. The fraction of sp³-hybridized carbons (Fsp3) is 0.483. The van der Waals surface area contributed by atoms with Crippen molar-refractivity contribution in [1.29, 1.82) is 0 Å². The highest BCUT2D eigenvalue weighted by molar-refractivity contribution is 6.03. The molecule has 0 saturated heterocycles. The van der Waals surface area contributed by atoms with Crippen LogP contribution in [0.3, 0.4) is 0 Å². The van der Waals surface area contributed by atoms with E-state index in [2.05, 4.69) is 33.8 Å². The lowest BCUT2D eigenvalue weighted by atomic mass is 9.97. The third kappa shape index (κ3) is 6.93. The van der Waals surface area contributed by atoms with Gasteiger partial charge in [-0.2, -0.15) is 0 Å². The van der Waals surface area contributed by atoms with Crippen LogP contribution in [0.15, 0.2) is 42.0 Å². The van der Waals surface area contributed by atoms with Crippen LogP contribution < -0.4 is 23.7 Å². The summed E-state index contributed by atoms with van der Waals surface area (Å²) in [7, 11) is 0. The normalized spacial score (nSPS) is 14.7. The first-order valence-corrected chi connectivity index (χ1v) is 12.5. The van der Waals surface area contributed by atoms with E-state index in [0.717, 1.165) is 35.7 Å². The number of carbonyl (C=O) groups is 1. The summed E-state index contributed by atoms with van der Waals surface area (Å²) in [5, 5.41) is 0. The van der Waals surface area contributed by atoms with E-state index < -0.39 is 5.79 Å². The minimum absolute atomic E-state index is 0.0860. The van der Waals surface area contributed by atoms with E-state index in [1.165, 1.54) is 5.57 Å². The molecule has 0 unspecified atom stereocenters. The molecule has 0 bridgehead atoms. The Kier molecular flexibility index (Phi) is 9.07. The highest BCUT2D eigenvalue weighted by Crippen LogP contribution is 2.42. The van der Waals surface area contributed by atoms with E-state index in [1.54, 1.807) is 0 Å². The Labute approximate surface area is 209 Å². The van der Waals surface area contributed by atoms with Crippen LogP contribution in [0.1, 0.15) is 76.7 Å². The summed E-state index contributed by atoms with van der Waals surface area (Å²) in [6.07, 6.45) is 5.01. The van der Waals surface area contributed by atoms with Gasteiger partial charge in [0.1, 0.15) is 22.8 Å². The van der Waals surface area contributed by atoms with Crippen molar-refractivity contribution in [1.82, 2.24) is 0 Å². The van der Waals surface area contributed by atoms with Crippen molar-refractivity contribution in [2.75, 3.05) is 19.8 Å². The zero-order valence-electron chi connectivity index (χ0n) is 21.9. The molecular formula is C29H38O6. The van der Waals surface area contributed by atoms with Gasteiger partial charge < -0.3 is 23.7 Å². The van der Waals surface area contributed by atoms with Gasteiger partial charge in [-0.05, 0) is 45.2 Å². The number of carbonyl (C=O) groups excluding carboxylic acids is 1. The first-order chi connectivity index (χ1) is 16.8. The van der Waals surface area contributed by atoms with Gasteiger partial charge in [0, 0.05) is 31.9 Å². The Hall–Kier alpha value is -3.15. The number of rotatable bonds is 8. The number of para-hydroxylation sites is 2. The molecule has 190 valence electrons. The Morgan fingerprint density at radius 1 is 1.00 bits per heavy atom. The summed E-state index contributed by atoms with van der Waals surface area (Å²) in [6, 6.07) is 9.54. The SMILES string of the molecule is CC1(C)Oc2ccccc2O1.CCCOc1cc2c(c(OCCC)c1CC=C(C)C)C(=O)CCO2. The molecule has 2 aliphatic rings. The van der Waals surface area contributed by atoms with Gasteiger partial charge in [-0.1, -0.05) is 37.6 Å². The van der Waals surface area contributed by atoms with Crippen LogP contribution >= 0.6 is 0 Å². The fourth-order valence-electron chi connectivity index (χ4n) is 3.78. The van der Waals surface area contributed by atoms with Gasteiger partial charge >= 0.3 is 0 Å². The Morgan fingerprint density at radius 3 is 2.23 bits per heavy atom. The van der Waals surface area contributed by atoms with E-state index in [0.29, 0.717) is 49.7 Å². The molecule has 2 aromatic carbocycles. The van der Waals surface area contributed by atoms with Gasteiger partial charge in [-0.15, -0.1) is 0 Å². The number of benzene rings is 2. The lowest BCUT2D eigenvalue weighted by Crippen LogP contribution is -2.29. The number of Topliss-reactive ketones (excluding diaryl/α,β-unsaturated/α-hetero) is 1. The minimum Gasteiger partial charge on any atom is -0.493 e. The van der Waals surface area contributed by atoms with Crippen molar-refractivity contribution in [3.05, 3.63) is 53.1 Å². The number of ketones is 1. The van der Waals surface area contributed by atoms with E-state index in [-0.39, 0.29) is 5.78 Å². The average molecular weight is 483 g/mol. The lowest BCUT2D eigenvalue weighted by Gasteiger charge is -2.24. The van der Waals surface area contributed by atoms with Crippen molar-refractivity contribution >= 4 is 5.78 Å².